The van der Waals surface area contributed by atoms with Gasteiger partial charge in [-0.15, -0.1) is 0 Å². The standard InChI is InChI=1S/C20H21N3O3/c1-3-26-19-11-15(7-8-18(19)25-2)16(12-21)9-14-5-4-6-17(10-14)23-20(24)13-22/h4-11H,3,13,22H2,1-2H3,(H,23,24). The molecule has 0 bridgehead atoms. The average Bonchev–Trinajstić information content (AvgIpc) is 2.66. The normalized spacial score (nSPS) is 10.8. The highest BCUT2D eigenvalue weighted by Crippen LogP contribution is 2.31. The first-order chi connectivity index (χ1) is 12.6. The third kappa shape index (κ3) is 4.85. The van der Waals surface area contributed by atoms with E-state index in [9.17, 15) is 10.1 Å². The summed E-state index contributed by atoms with van der Waals surface area (Å²) in [5, 5.41) is 12.3. The number of nitriles is 1. The molecule has 2 rings (SSSR count). The number of nitrogens with one attached hydrogen (secondary N) is 1. The molecule has 0 aromatic heterocycles. The van der Waals surface area contributed by atoms with Crippen molar-refractivity contribution in [3.8, 4) is 17.6 Å². The Morgan fingerprint density at radius 2 is 2.08 bits per heavy atom. The number of allylic oxidation sites excluding steroid dienone is 1. The molecule has 26 heavy (non-hydrogen) atoms. The van der Waals surface area contributed by atoms with Crippen molar-refractivity contribution in [1.82, 2.24) is 0 Å². The lowest BCUT2D eigenvalue weighted by Crippen LogP contribution is -2.21. The fraction of sp³-hybridized carbons (Fsp3) is 0.200. The van der Waals surface area contributed by atoms with E-state index in [1.165, 1.54) is 0 Å². The number of hydrogen-bond acceptors (Lipinski definition) is 5. The Hall–Kier alpha value is -3.30. The zero-order valence-corrected chi connectivity index (χ0v) is 14.8. The van der Waals surface area contributed by atoms with Gasteiger partial charge in [0.05, 0.1) is 31.9 Å². The number of carbonyl (C=O) groups is 1. The van der Waals surface area contributed by atoms with Crippen LogP contribution in [0.25, 0.3) is 11.6 Å². The molecule has 0 aliphatic rings. The fourth-order valence-electron chi connectivity index (χ4n) is 2.38. The molecule has 0 heterocycles. The van der Waals surface area contributed by atoms with Gasteiger partial charge in [0.2, 0.25) is 5.91 Å². The van der Waals surface area contributed by atoms with Gasteiger partial charge in [0, 0.05) is 5.69 Å². The monoisotopic (exact) mass is 351 g/mol. The topological polar surface area (TPSA) is 97.4 Å². The van der Waals surface area contributed by atoms with Gasteiger partial charge in [-0.1, -0.05) is 12.1 Å². The molecular weight excluding hydrogens is 330 g/mol. The van der Waals surface area contributed by atoms with Crippen molar-refractivity contribution in [1.29, 1.82) is 5.26 Å². The van der Waals surface area contributed by atoms with Crippen LogP contribution in [0.15, 0.2) is 42.5 Å². The third-order valence-corrected chi connectivity index (χ3v) is 3.56. The predicted octanol–water partition coefficient (Wildman–Crippen LogP) is 3.06. The van der Waals surface area contributed by atoms with Gasteiger partial charge in [0.1, 0.15) is 0 Å². The number of hydrogen-bond donors (Lipinski definition) is 2. The first kappa shape index (κ1) is 19.0. The smallest absolute Gasteiger partial charge is 0.238 e. The van der Waals surface area contributed by atoms with Gasteiger partial charge >= 0.3 is 0 Å². The summed E-state index contributed by atoms with van der Waals surface area (Å²) in [5.74, 6) is 0.917. The number of amides is 1. The zero-order valence-electron chi connectivity index (χ0n) is 14.8. The SMILES string of the molecule is CCOc1cc(C(C#N)=Cc2cccc(NC(=O)CN)c2)ccc1OC. The van der Waals surface area contributed by atoms with E-state index in [-0.39, 0.29) is 12.5 Å². The number of benzene rings is 2. The summed E-state index contributed by atoms with van der Waals surface area (Å²) in [4.78, 5) is 11.4. The average molecular weight is 351 g/mol. The maximum Gasteiger partial charge on any atom is 0.238 e. The summed E-state index contributed by atoms with van der Waals surface area (Å²) in [6.45, 7) is 2.29. The van der Waals surface area contributed by atoms with E-state index in [4.69, 9.17) is 15.2 Å². The number of anilines is 1. The molecule has 1 amide bonds. The van der Waals surface area contributed by atoms with E-state index in [0.29, 0.717) is 34.9 Å². The molecular formula is C20H21N3O3. The Labute approximate surface area is 152 Å². The second-order valence-corrected chi connectivity index (χ2v) is 5.35. The van der Waals surface area contributed by atoms with E-state index in [0.717, 1.165) is 5.56 Å². The van der Waals surface area contributed by atoms with Crippen LogP contribution < -0.4 is 20.5 Å². The number of nitrogens with zero attached hydrogens (tertiary/aromatic N) is 1. The number of methoxy groups -OCH3 is 1. The first-order valence-electron chi connectivity index (χ1n) is 8.14. The van der Waals surface area contributed by atoms with Gasteiger partial charge in [-0.3, -0.25) is 4.79 Å². The van der Waals surface area contributed by atoms with Crippen LogP contribution >= 0.6 is 0 Å². The minimum atomic E-state index is -0.275. The molecule has 2 aromatic rings. The van der Waals surface area contributed by atoms with Crippen LogP contribution in [0.3, 0.4) is 0 Å². The predicted molar refractivity (Wildman–Crippen MR) is 102 cm³/mol. The van der Waals surface area contributed by atoms with Crippen molar-refractivity contribution in [2.24, 2.45) is 5.73 Å². The molecule has 0 saturated heterocycles. The Kier molecular flexibility index (Phi) is 6.77. The minimum absolute atomic E-state index is 0.0877. The van der Waals surface area contributed by atoms with Crippen molar-refractivity contribution >= 4 is 23.2 Å². The molecule has 134 valence electrons. The van der Waals surface area contributed by atoms with Crippen molar-refractivity contribution in [2.45, 2.75) is 6.92 Å². The van der Waals surface area contributed by atoms with Crippen LogP contribution in [0.4, 0.5) is 5.69 Å². The quantitative estimate of drug-likeness (QED) is 0.590. The van der Waals surface area contributed by atoms with Crippen molar-refractivity contribution in [2.75, 3.05) is 25.6 Å². The summed E-state index contributed by atoms with van der Waals surface area (Å²) >= 11 is 0. The van der Waals surface area contributed by atoms with Crippen LogP contribution in [0.1, 0.15) is 18.1 Å². The molecule has 6 nitrogen and oxygen atoms in total. The summed E-state index contributed by atoms with van der Waals surface area (Å²) in [7, 11) is 1.57. The lowest BCUT2D eigenvalue weighted by Gasteiger charge is -2.11. The second kappa shape index (κ2) is 9.25. The molecule has 0 saturated carbocycles. The summed E-state index contributed by atoms with van der Waals surface area (Å²) < 4.78 is 10.8. The van der Waals surface area contributed by atoms with Crippen molar-refractivity contribution in [3.63, 3.8) is 0 Å². The number of rotatable bonds is 7. The molecule has 2 aromatic carbocycles. The number of carbonyl (C=O) groups excluding carboxylic acids is 1. The molecule has 0 aliphatic heterocycles. The zero-order chi connectivity index (χ0) is 18.9. The van der Waals surface area contributed by atoms with Crippen LogP contribution in [0.5, 0.6) is 11.5 Å². The van der Waals surface area contributed by atoms with Crippen LogP contribution in [0.2, 0.25) is 0 Å². The van der Waals surface area contributed by atoms with Crippen LogP contribution in [-0.2, 0) is 4.79 Å². The minimum Gasteiger partial charge on any atom is -0.493 e. The Balaban J connectivity index is 2.36. The van der Waals surface area contributed by atoms with Gasteiger partial charge in [-0.2, -0.15) is 5.26 Å². The maximum atomic E-state index is 11.4. The third-order valence-electron chi connectivity index (χ3n) is 3.56. The van der Waals surface area contributed by atoms with E-state index in [1.54, 1.807) is 49.6 Å². The summed E-state index contributed by atoms with van der Waals surface area (Å²) in [5.41, 5.74) is 7.90. The molecule has 0 spiro atoms. The van der Waals surface area contributed by atoms with Gasteiger partial charge in [-0.25, -0.2) is 0 Å². The molecule has 0 unspecified atom stereocenters. The van der Waals surface area contributed by atoms with Gasteiger partial charge in [0.25, 0.3) is 0 Å². The molecule has 6 heteroatoms. The molecule has 0 fully saturated rings. The second-order valence-electron chi connectivity index (χ2n) is 5.35. The molecule has 0 aliphatic carbocycles. The number of ether oxygens (including phenoxy) is 2. The van der Waals surface area contributed by atoms with E-state index in [2.05, 4.69) is 11.4 Å². The van der Waals surface area contributed by atoms with Gasteiger partial charge < -0.3 is 20.5 Å². The summed E-state index contributed by atoms with van der Waals surface area (Å²) in [6.07, 6.45) is 1.75. The van der Waals surface area contributed by atoms with Crippen LogP contribution in [-0.4, -0.2) is 26.2 Å². The summed E-state index contributed by atoms with van der Waals surface area (Å²) in [6, 6.07) is 14.7. The van der Waals surface area contributed by atoms with E-state index < -0.39 is 0 Å². The highest BCUT2D eigenvalue weighted by molar-refractivity contribution is 5.94. The van der Waals surface area contributed by atoms with E-state index >= 15 is 0 Å². The lowest BCUT2D eigenvalue weighted by atomic mass is 10.0. The van der Waals surface area contributed by atoms with Crippen molar-refractivity contribution < 1.29 is 14.3 Å². The van der Waals surface area contributed by atoms with Crippen LogP contribution in [0, 0.1) is 11.3 Å². The van der Waals surface area contributed by atoms with Gasteiger partial charge in [0.15, 0.2) is 11.5 Å². The Bertz CT molecular complexity index is 854. The molecule has 0 radical (unpaired) electrons. The van der Waals surface area contributed by atoms with Crippen molar-refractivity contribution in [3.05, 3.63) is 53.6 Å². The Morgan fingerprint density at radius 3 is 2.73 bits per heavy atom. The highest BCUT2D eigenvalue weighted by Gasteiger charge is 2.09. The maximum absolute atomic E-state index is 11.4. The molecule has 0 atom stereocenters. The molecule has 3 N–H and O–H groups in total. The highest BCUT2D eigenvalue weighted by atomic mass is 16.5. The Morgan fingerprint density at radius 1 is 1.27 bits per heavy atom. The first-order valence-corrected chi connectivity index (χ1v) is 8.14. The van der Waals surface area contributed by atoms with E-state index in [1.807, 2.05) is 13.0 Å². The fourth-order valence-corrected chi connectivity index (χ4v) is 2.38. The number of nitrogens with two attached hydrogens (primary N) is 1. The largest absolute Gasteiger partial charge is 0.493 e. The lowest BCUT2D eigenvalue weighted by molar-refractivity contribution is -0.114. The van der Waals surface area contributed by atoms with Gasteiger partial charge in [-0.05, 0) is 54.5 Å².